The third-order valence-corrected chi connectivity index (χ3v) is 7.31. The number of halogens is 2. The fourth-order valence-electron chi connectivity index (χ4n) is 2.76. The maximum Gasteiger partial charge on any atom is 0.333 e. The summed E-state index contributed by atoms with van der Waals surface area (Å²) in [6.45, 7) is 6.02. The highest BCUT2D eigenvalue weighted by Gasteiger charge is 2.14. The lowest BCUT2D eigenvalue weighted by atomic mass is 10.0. The maximum absolute atomic E-state index is 11.2. The summed E-state index contributed by atoms with van der Waals surface area (Å²) in [5, 5.41) is 0. The molecule has 142 valence electrons. The summed E-state index contributed by atoms with van der Waals surface area (Å²) >= 11 is 7.68. The highest BCUT2D eigenvalue weighted by molar-refractivity contribution is 9.12. The van der Waals surface area contributed by atoms with Crippen molar-refractivity contribution >= 4 is 37.8 Å². The van der Waals surface area contributed by atoms with Gasteiger partial charge in [0, 0.05) is 15.2 Å². The van der Waals surface area contributed by atoms with E-state index in [1.54, 1.807) is 0 Å². The molecule has 0 radical (unpaired) electrons. The Hall–Kier alpha value is 0.170. The predicted octanol–water partition coefficient (Wildman–Crippen LogP) is 7.33. The van der Waals surface area contributed by atoms with Crippen molar-refractivity contribution in [3.8, 4) is 0 Å². The van der Waals surface area contributed by atoms with Crippen molar-refractivity contribution in [3.05, 3.63) is 12.2 Å². The Labute approximate surface area is 166 Å². The molecule has 0 aromatic rings. The van der Waals surface area contributed by atoms with Crippen molar-refractivity contribution in [2.45, 2.75) is 100 Å². The summed E-state index contributed by atoms with van der Waals surface area (Å²) in [6.07, 6.45) is 16.0. The normalized spacial score (nSPS) is 13.5. The lowest BCUT2D eigenvalue weighted by Crippen LogP contribution is -2.13. The summed E-state index contributed by atoms with van der Waals surface area (Å²) in [7, 11) is 1.41. The number of hydrogen-bond donors (Lipinski definition) is 0. The van der Waals surface area contributed by atoms with E-state index in [9.17, 15) is 4.79 Å². The van der Waals surface area contributed by atoms with Crippen molar-refractivity contribution < 1.29 is 9.53 Å². The summed E-state index contributed by atoms with van der Waals surface area (Å²) < 4.78 is 4.66. The third-order valence-electron chi connectivity index (χ3n) is 4.41. The number of carbonyl (C=O) groups excluding carboxylic acids is 1. The van der Waals surface area contributed by atoms with Crippen LogP contribution in [0.4, 0.5) is 0 Å². The van der Waals surface area contributed by atoms with Crippen LogP contribution in [0, 0.1) is 0 Å². The minimum Gasteiger partial charge on any atom is -0.466 e. The van der Waals surface area contributed by atoms with Crippen LogP contribution in [-0.4, -0.2) is 22.7 Å². The van der Waals surface area contributed by atoms with Gasteiger partial charge in [-0.3, -0.25) is 0 Å². The highest BCUT2D eigenvalue weighted by atomic mass is 79.9. The first-order valence-electron chi connectivity index (χ1n) is 9.57. The van der Waals surface area contributed by atoms with Gasteiger partial charge in [-0.2, -0.15) is 0 Å². The quantitative estimate of drug-likeness (QED) is 0.103. The number of unbranched alkanes of at least 4 members (excludes halogenated alkanes) is 8. The summed E-state index contributed by atoms with van der Waals surface area (Å²) in [4.78, 5) is 12.4. The van der Waals surface area contributed by atoms with Crippen molar-refractivity contribution in [1.29, 1.82) is 0 Å². The monoisotopic (exact) mass is 466 g/mol. The Morgan fingerprint density at radius 3 is 1.83 bits per heavy atom. The molecule has 0 aromatic heterocycles. The van der Waals surface area contributed by atoms with Gasteiger partial charge >= 0.3 is 5.97 Å². The van der Waals surface area contributed by atoms with Crippen molar-refractivity contribution in [1.82, 2.24) is 0 Å². The molecule has 0 aliphatic heterocycles. The molecule has 4 heteroatoms. The van der Waals surface area contributed by atoms with Gasteiger partial charge < -0.3 is 4.74 Å². The SMILES string of the molecule is C=C(CCCCCC[C@@H](Br)[C@H](Br)CCCCCCCC)C(=O)OC. The molecular formula is C20H36Br2O2. The minimum absolute atomic E-state index is 0.271. The summed E-state index contributed by atoms with van der Waals surface area (Å²) in [5.41, 5.74) is 0.593. The summed E-state index contributed by atoms with van der Waals surface area (Å²) in [6, 6.07) is 0. The number of methoxy groups -OCH3 is 1. The van der Waals surface area contributed by atoms with E-state index in [1.165, 1.54) is 71.3 Å². The van der Waals surface area contributed by atoms with Gasteiger partial charge in [-0.05, 0) is 25.7 Å². The van der Waals surface area contributed by atoms with Crippen LogP contribution in [-0.2, 0) is 9.53 Å². The van der Waals surface area contributed by atoms with Gasteiger partial charge in [-0.25, -0.2) is 4.79 Å². The maximum atomic E-state index is 11.2. The van der Waals surface area contributed by atoms with Gasteiger partial charge in [-0.1, -0.05) is 103 Å². The second-order valence-electron chi connectivity index (χ2n) is 6.64. The molecule has 0 saturated carbocycles. The summed E-state index contributed by atoms with van der Waals surface area (Å²) in [5.74, 6) is -0.271. The average Bonchev–Trinajstić information content (AvgIpc) is 2.59. The van der Waals surface area contributed by atoms with Crippen LogP contribution in [0.2, 0.25) is 0 Å². The van der Waals surface area contributed by atoms with Gasteiger partial charge in [0.15, 0.2) is 0 Å². The predicted molar refractivity (Wildman–Crippen MR) is 112 cm³/mol. The Kier molecular flexibility index (Phi) is 16.7. The standard InChI is InChI=1S/C20H36Br2O2/c1-4-5-6-7-8-12-15-18(21)19(22)16-13-10-9-11-14-17(2)20(23)24-3/h18-19H,2,4-16H2,1,3H3/t18-,19-/m1/s1. The smallest absolute Gasteiger partial charge is 0.333 e. The molecule has 24 heavy (non-hydrogen) atoms. The van der Waals surface area contributed by atoms with Crippen LogP contribution in [0.15, 0.2) is 12.2 Å². The highest BCUT2D eigenvalue weighted by Crippen LogP contribution is 2.25. The molecule has 0 amide bonds. The number of hydrogen-bond acceptors (Lipinski definition) is 2. The largest absolute Gasteiger partial charge is 0.466 e. The van der Waals surface area contributed by atoms with Crippen LogP contribution in [0.3, 0.4) is 0 Å². The molecule has 0 rings (SSSR count). The molecule has 2 nitrogen and oxygen atoms in total. The van der Waals surface area contributed by atoms with Crippen molar-refractivity contribution in [2.24, 2.45) is 0 Å². The number of carbonyl (C=O) groups is 1. The van der Waals surface area contributed by atoms with E-state index < -0.39 is 0 Å². The van der Waals surface area contributed by atoms with Gasteiger partial charge in [0.1, 0.15) is 0 Å². The lowest BCUT2D eigenvalue weighted by molar-refractivity contribution is -0.136. The number of alkyl halides is 2. The molecule has 0 aromatic carbocycles. The van der Waals surface area contributed by atoms with E-state index in [1.807, 2.05) is 0 Å². The Bertz CT molecular complexity index is 332. The molecule has 0 bridgehead atoms. The van der Waals surface area contributed by atoms with E-state index in [4.69, 9.17) is 0 Å². The first kappa shape index (κ1) is 24.2. The van der Waals surface area contributed by atoms with E-state index in [0.29, 0.717) is 15.2 Å². The van der Waals surface area contributed by atoms with Crippen LogP contribution in [0.5, 0.6) is 0 Å². The minimum atomic E-state index is -0.271. The fourth-order valence-corrected chi connectivity index (χ4v) is 3.94. The van der Waals surface area contributed by atoms with Crippen LogP contribution in [0.1, 0.15) is 90.4 Å². The number of ether oxygens (including phenoxy) is 1. The molecule has 0 spiro atoms. The molecule has 0 heterocycles. The van der Waals surface area contributed by atoms with Crippen molar-refractivity contribution in [2.75, 3.05) is 7.11 Å². The van der Waals surface area contributed by atoms with E-state index in [-0.39, 0.29) is 5.97 Å². The molecule has 2 atom stereocenters. The molecular weight excluding hydrogens is 432 g/mol. The van der Waals surface area contributed by atoms with Gasteiger partial charge in [0.05, 0.1) is 7.11 Å². The molecule has 0 saturated heterocycles. The van der Waals surface area contributed by atoms with E-state index in [0.717, 1.165) is 19.3 Å². The zero-order chi connectivity index (χ0) is 18.2. The molecule has 0 N–H and O–H groups in total. The molecule has 0 fully saturated rings. The number of esters is 1. The topological polar surface area (TPSA) is 26.3 Å². The molecule has 0 unspecified atom stereocenters. The molecule has 0 aliphatic carbocycles. The fraction of sp³-hybridized carbons (Fsp3) is 0.850. The number of rotatable bonds is 16. The first-order chi connectivity index (χ1) is 11.5. The van der Waals surface area contributed by atoms with Crippen LogP contribution in [0.25, 0.3) is 0 Å². The van der Waals surface area contributed by atoms with Gasteiger partial charge in [0.25, 0.3) is 0 Å². The van der Waals surface area contributed by atoms with Crippen molar-refractivity contribution in [3.63, 3.8) is 0 Å². The lowest BCUT2D eigenvalue weighted by Gasteiger charge is -2.16. The Morgan fingerprint density at radius 1 is 0.875 bits per heavy atom. The third kappa shape index (κ3) is 13.5. The van der Waals surface area contributed by atoms with Gasteiger partial charge in [0.2, 0.25) is 0 Å². The average molecular weight is 468 g/mol. The second kappa shape index (κ2) is 16.6. The van der Waals surface area contributed by atoms with Crippen LogP contribution < -0.4 is 0 Å². The zero-order valence-corrected chi connectivity index (χ0v) is 18.8. The zero-order valence-electron chi connectivity index (χ0n) is 15.6. The second-order valence-corrected chi connectivity index (χ2v) is 8.99. The first-order valence-corrected chi connectivity index (χ1v) is 11.4. The van der Waals surface area contributed by atoms with E-state index >= 15 is 0 Å². The molecule has 0 aliphatic rings. The van der Waals surface area contributed by atoms with E-state index in [2.05, 4.69) is 50.1 Å². The Morgan fingerprint density at radius 2 is 1.33 bits per heavy atom. The van der Waals surface area contributed by atoms with Crippen LogP contribution >= 0.6 is 31.9 Å². The Balaban J connectivity index is 3.52. The van der Waals surface area contributed by atoms with Gasteiger partial charge in [-0.15, -0.1) is 0 Å².